The Balaban J connectivity index is 2.40. The van der Waals surface area contributed by atoms with E-state index in [0.29, 0.717) is 0 Å². The van der Waals surface area contributed by atoms with Crippen LogP contribution >= 0.6 is 0 Å². The second-order valence-electron chi connectivity index (χ2n) is 4.81. The summed E-state index contributed by atoms with van der Waals surface area (Å²) >= 11 is 0. The molecule has 1 N–H and O–H groups in total. The zero-order valence-electron chi connectivity index (χ0n) is 8.55. The van der Waals surface area contributed by atoms with E-state index in [1.165, 1.54) is 12.1 Å². The second kappa shape index (κ2) is 2.80. The van der Waals surface area contributed by atoms with Crippen molar-refractivity contribution in [3.05, 3.63) is 35.6 Å². The third-order valence-electron chi connectivity index (χ3n) is 3.56. The minimum Gasteiger partial charge on any atom is -0.395 e. The normalized spacial score (nSPS) is 28.9. The maximum Gasteiger partial charge on any atom is 0.123 e. The number of aliphatic hydroxyl groups is 1. The minimum absolute atomic E-state index is 0.0928. The maximum absolute atomic E-state index is 13.0. The van der Waals surface area contributed by atoms with E-state index in [-0.39, 0.29) is 23.3 Å². The number of hydrogen-bond acceptors (Lipinski definition) is 1. The molecule has 1 aliphatic carbocycles. The lowest BCUT2D eigenvalue weighted by Crippen LogP contribution is -2.19. The summed E-state index contributed by atoms with van der Waals surface area (Å²) in [5, 5.41) is 9.41. The summed E-state index contributed by atoms with van der Waals surface area (Å²) in [6.45, 7) is 4.31. The Labute approximate surface area is 83.6 Å². The Kier molecular flexibility index (Phi) is 1.93. The van der Waals surface area contributed by atoms with Crippen molar-refractivity contribution in [2.24, 2.45) is 5.41 Å². The number of aliphatic hydroxyl groups excluding tert-OH is 1. The van der Waals surface area contributed by atoms with E-state index in [0.717, 1.165) is 12.0 Å². The fourth-order valence-electron chi connectivity index (χ4n) is 2.35. The van der Waals surface area contributed by atoms with Crippen LogP contribution in [0.1, 0.15) is 25.8 Å². The average Bonchev–Trinajstić information content (AvgIpc) is 2.70. The van der Waals surface area contributed by atoms with Gasteiger partial charge in [-0.05, 0) is 29.5 Å². The van der Waals surface area contributed by atoms with Crippen LogP contribution < -0.4 is 0 Å². The van der Waals surface area contributed by atoms with E-state index < -0.39 is 0 Å². The van der Waals surface area contributed by atoms with Crippen LogP contribution in [0.2, 0.25) is 0 Å². The number of rotatable bonds is 2. The van der Waals surface area contributed by atoms with Gasteiger partial charge in [-0.1, -0.05) is 26.0 Å². The van der Waals surface area contributed by atoms with E-state index in [2.05, 4.69) is 13.8 Å². The molecule has 0 spiro atoms. The first-order valence-corrected chi connectivity index (χ1v) is 4.89. The molecule has 1 aliphatic rings. The summed E-state index contributed by atoms with van der Waals surface area (Å²) in [7, 11) is 0. The van der Waals surface area contributed by atoms with Gasteiger partial charge in [0.1, 0.15) is 5.82 Å². The van der Waals surface area contributed by atoms with Gasteiger partial charge in [-0.3, -0.25) is 0 Å². The van der Waals surface area contributed by atoms with Crippen LogP contribution in [0.5, 0.6) is 0 Å². The first kappa shape index (κ1) is 9.66. The molecule has 0 amide bonds. The van der Waals surface area contributed by atoms with Gasteiger partial charge >= 0.3 is 0 Å². The van der Waals surface area contributed by atoms with Crippen LogP contribution in [0.25, 0.3) is 0 Å². The fourth-order valence-corrected chi connectivity index (χ4v) is 2.35. The molecule has 0 aromatic heterocycles. The number of hydrogen-bond donors (Lipinski definition) is 1. The van der Waals surface area contributed by atoms with Crippen molar-refractivity contribution >= 4 is 0 Å². The Hall–Kier alpha value is -0.890. The SMILES string of the molecule is CC1(C)CC1(CO)c1cccc(F)c1. The van der Waals surface area contributed by atoms with Crippen LogP contribution in [-0.4, -0.2) is 11.7 Å². The molecular weight excluding hydrogens is 179 g/mol. The highest BCUT2D eigenvalue weighted by Crippen LogP contribution is 2.63. The van der Waals surface area contributed by atoms with Gasteiger partial charge in [-0.15, -0.1) is 0 Å². The molecule has 0 radical (unpaired) electrons. The molecule has 0 aliphatic heterocycles. The second-order valence-corrected chi connectivity index (χ2v) is 4.81. The van der Waals surface area contributed by atoms with Gasteiger partial charge in [0.25, 0.3) is 0 Å². The molecule has 76 valence electrons. The lowest BCUT2D eigenvalue weighted by Gasteiger charge is -2.18. The average molecular weight is 194 g/mol. The van der Waals surface area contributed by atoms with Crippen molar-refractivity contribution in [3.63, 3.8) is 0 Å². The smallest absolute Gasteiger partial charge is 0.123 e. The third-order valence-corrected chi connectivity index (χ3v) is 3.56. The number of benzene rings is 1. The highest BCUT2D eigenvalue weighted by molar-refractivity contribution is 5.37. The fraction of sp³-hybridized carbons (Fsp3) is 0.500. The minimum atomic E-state index is -0.224. The topological polar surface area (TPSA) is 20.2 Å². The van der Waals surface area contributed by atoms with Crippen molar-refractivity contribution in [2.75, 3.05) is 6.61 Å². The van der Waals surface area contributed by atoms with E-state index in [1.807, 2.05) is 6.07 Å². The van der Waals surface area contributed by atoms with Gasteiger partial charge in [0.15, 0.2) is 0 Å². The first-order valence-electron chi connectivity index (χ1n) is 4.89. The van der Waals surface area contributed by atoms with Gasteiger partial charge in [0.05, 0.1) is 6.61 Å². The monoisotopic (exact) mass is 194 g/mol. The Morgan fingerprint density at radius 1 is 1.43 bits per heavy atom. The maximum atomic E-state index is 13.0. The highest BCUT2D eigenvalue weighted by Gasteiger charge is 2.61. The van der Waals surface area contributed by atoms with E-state index in [4.69, 9.17) is 0 Å². The predicted octanol–water partition coefficient (Wildman–Crippen LogP) is 2.49. The molecule has 1 nitrogen and oxygen atoms in total. The van der Waals surface area contributed by atoms with Crippen LogP contribution in [0.4, 0.5) is 4.39 Å². The summed E-state index contributed by atoms with van der Waals surface area (Å²) in [6, 6.07) is 6.57. The largest absolute Gasteiger partial charge is 0.395 e. The van der Waals surface area contributed by atoms with Gasteiger partial charge in [0, 0.05) is 5.41 Å². The zero-order chi connectivity index (χ0) is 10.4. The summed E-state index contributed by atoms with van der Waals surface area (Å²) in [4.78, 5) is 0. The Morgan fingerprint density at radius 2 is 2.07 bits per heavy atom. The molecule has 0 saturated heterocycles. The van der Waals surface area contributed by atoms with Crippen LogP contribution in [0.15, 0.2) is 24.3 Å². The van der Waals surface area contributed by atoms with E-state index >= 15 is 0 Å². The molecule has 2 heteroatoms. The first-order chi connectivity index (χ1) is 6.52. The molecule has 2 rings (SSSR count). The molecular formula is C12H15FO. The summed E-state index contributed by atoms with van der Waals surface area (Å²) < 4.78 is 13.0. The molecule has 1 atom stereocenters. The van der Waals surface area contributed by atoms with E-state index in [9.17, 15) is 9.50 Å². The van der Waals surface area contributed by atoms with Crippen LogP contribution in [0, 0.1) is 11.2 Å². The summed E-state index contributed by atoms with van der Waals surface area (Å²) in [5.74, 6) is -0.224. The van der Waals surface area contributed by atoms with E-state index in [1.54, 1.807) is 6.07 Å². The third kappa shape index (κ3) is 1.17. The zero-order valence-corrected chi connectivity index (χ0v) is 8.55. The summed E-state index contributed by atoms with van der Waals surface area (Å²) in [6.07, 6.45) is 0.931. The van der Waals surface area contributed by atoms with Gasteiger partial charge < -0.3 is 5.11 Å². The quantitative estimate of drug-likeness (QED) is 0.766. The van der Waals surface area contributed by atoms with Crippen molar-refractivity contribution in [3.8, 4) is 0 Å². The van der Waals surface area contributed by atoms with Crippen molar-refractivity contribution < 1.29 is 9.50 Å². The highest BCUT2D eigenvalue weighted by atomic mass is 19.1. The Morgan fingerprint density at radius 3 is 2.50 bits per heavy atom. The predicted molar refractivity (Wildman–Crippen MR) is 53.6 cm³/mol. The van der Waals surface area contributed by atoms with Crippen molar-refractivity contribution in [2.45, 2.75) is 25.7 Å². The van der Waals surface area contributed by atoms with Gasteiger partial charge in [-0.2, -0.15) is 0 Å². The van der Waals surface area contributed by atoms with Crippen molar-refractivity contribution in [1.29, 1.82) is 0 Å². The molecule has 14 heavy (non-hydrogen) atoms. The van der Waals surface area contributed by atoms with Crippen molar-refractivity contribution in [1.82, 2.24) is 0 Å². The summed E-state index contributed by atoms with van der Waals surface area (Å²) in [5.41, 5.74) is 0.801. The molecule has 0 bridgehead atoms. The molecule has 1 aromatic carbocycles. The van der Waals surface area contributed by atoms with Crippen LogP contribution in [-0.2, 0) is 5.41 Å². The molecule has 1 aromatic rings. The van der Waals surface area contributed by atoms with Gasteiger partial charge in [0.2, 0.25) is 0 Å². The number of halogens is 1. The molecule has 1 unspecified atom stereocenters. The lowest BCUT2D eigenvalue weighted by atomic mass is 9.89. The molecule has 0 heterocycles. The van der Waals surface area contributed by atoms with Crippen LogP contribution in [0.3, 0.4) is 0 Å². The Bertz CT molecular complexity index is 359. The lowest BCUT2D eigenvalue weighted by molar-refractivity contribution is 0.231. The molecule has 1 saturated carbocycles. The van der Waals surface area contributed by atoms with Gasteiger partial charge in [-0.25, -0.2) is 4.39 Å². The molecule has 1 fully saturated rings. The standard InChI is InChI=1S/C12H15FO/c1-11(2)7-12(11,8-14)9-4-3-5-10(13)6-9/h3-6,14H,7-8H2,1-2H3.